The molecule has 0 saturated carbocycles. The third kappa shape index (κ3) is 3.35. The summed E-state index contributed by atoms with van der Waals surface area (Å²) in [4.78, 5) is 8.74. The van der Waals surface area contributed by atoms with Crippen molar-refractivity contribution in [2.75, 3.05) is 6.54 Å². The second-order valence-electron chi connectivity index (χ2n) is 4.87. The molecule has 0 spiro atoms. The molecule has 5 heteroatoms. The lowest BCUT2D eigenvalue weighted by atomic mass is 10.2. The van der Waals surface area contributed by atoms with E-state index in [1.165, 1.54) is 0 Å². The van der Waals surface area contributed by atoms with E-state index in [4.69, 9.17) is 0 Å². The number of rotatable bonds is 3. The van der Waals surface area contributed by atoms with Crippen LogP contribution in [0.5, 0.6) is 0 Å². The van der Waals surface area contributed by atoms with Gasteiger partial charge in [-0.05, 0) is 32.9 Å². The molecule has 1 aliphatic rings. The standard InChI is InChI=1S/C16H19F2N3/c1-4-21-12(3)15(9-14(18)11(2)17)20-16(21)13-7-5-6-8-19-10-13/h7-9H,3-6,10H2,1-2H3/b14-11?,15-9+. The topological polar surface area (TPSA) is 30.2 Å². The normalized spacial score (nSPS) is 17.5. The SMILES string of the molecule is C=c1/c(=C\C(F)=C(C)F)nc(C2=CCCC=NC2)n1CC. The molecular formula is C16H19F2N3. The number of allylic oxidation sites excluding steroid dienone is 3. The van der Waals surface area contributed by atoms with Crippen molar-refractivity contribution in [2.45, 2.75) is 33.2 Å². The zero-order valence-corrected chi connectivity index (χ0v) is 12.4. The lowest BCUT2D eigenvalue weighted by Gasteiger charge is -2.06. The monoisotopic (exact) mass is 291 g/mol. The Kier molecular flexibility index (Phi) is 4.83. The molecule has 0 N–H and O–H groups in total. The van der Waals surface area contributed by atoms with Crippen molar-refractivity contribution in [3.05, 3.63) is 34.3 Å². The predicted molar refractivity (Wildman–Crippen MR) is 82.6 cm³/mol. The summed E-state index contributed by atoms with van der Waals surface area (Å²) >= 11 is 0. The van der Waals surface area contributed by atoms with Crippen molar-refractivity contribution >= 4 is 24.4 Å². The molecule has 112 valence electrons. The third-order valence-corrected chi connectivity index (χ3v) is 3.38. The Hall–Kier alpha value is -2.04. The highest BCUT2D eigenvalue weighted by molar-refractivity contribution is 5.68. The molecule has 0 fully saturated rings. The Labute approximate surface area is 122 Å². The van der Waals surface area contributed by atoms with Gasteiger partial charge in [0.15, 0.2) is 5.83 Å². The molecule has 0 radical (unpaired) electrons. The Bertz CT molecular complexity index is 719. The fraction of sp³-hybridized carbons (Fsp3) is 0.375. The van der Waals surface area contributed by atoms with Crippen LogP contribution in [0.15, 0.2) is 22.7 Å². The lowest BCUT2D eigenvalue weighted by Crippen LogP contribution is -2.28. The van der Waals surface area contributed by atoms with Gasteiger partial charge in [-0.3, -0.25) is 4.99 Å². The molecule has 0 saturated heterocycles. The van der Waals surface area contributed by atoms with Crippen molar-refractivity contribution in [3.8, 4) is 0 Å². The number of imidazole rings is 1. The number of nitrogens with zero attached hydrogens (tertiary/aromatic N) is 3. The summed E-state index contributed by atoms with van der Waals surface area (Å²) in [5.74, 6) is -1.04. The van der Waals surface area contributed by atoms with Crippen LogP contribution in [0.2, 0.25) is 0 Å². The van der Waals surface area contributed by atoms with Crippen LogP contribution in [-0.2, 0) is 6.54 Å². The first-order chi connectivity index (χ1) is 10.0. The highest BCUT2D eigenvalue weighted by atomic mass is 19.2. The van der Waals surface area contributed by atoms with E-state index in [-0.39, 0.29) is 0 Å². The third-order valence-electron chi connectivity index (χ3n) is 3.38. The van der Waals surface area contributed by atoms with E-state index in [0.717, 1.165) is 37.2 Å². The summed E-state index contributed by atoms with van der Waals surface area (Å²) in [7, 11) is 0. The van der Waals surface area contributed by atoms with Gasteiger partial charge in [-0.2, -0.15) is 0 Å². The Morgan fingerprint density at radius 1 is 1.43 bits per heavy atom. The fourth-order valence-electron chi connectivity index (χ4n) is 2.24. The minimum absolute atomic E-state index is 0.357. The van der Waals surface area contributed by atoms with Crippen molar-refractivity contribution in [1.82, 2.24) is 9.55 Å². The van der Waals surface area contributed by atoms with E-state index in [1.807, 2.05) is 17.7 Å². The first-order valence-corrected chi connectivity index (χ1v) is 7.01. The van der Waals surface area contributed by atoms with E-state index >= 15 is 0 Å². The molecule has 1 aromatic rings. The van der Waals surface area contributed by atoms with Gasteiger partial charge in [0, 0.05) is 18.2 Å². The second-order valence-corrected chi connectivity index (χ2v) is 4.87. The van der Waals surface area contributed by atoms with Gasteiger partial charge in [-0.1, -0.05) is 12.7 Å². The maximum Gasteiger partial charge on any atom is 0.156 e. The molecule has 1 aromatic heterocycles. The lowest BCUT2D eigenvalue weighted by molar-refractivity contribution is 0.563. The van der Waals surface area contributed by atoms with Crippen LogP contribution in [0, 0.1) is 0 Å². The summed E-state index contributed by atoms with van der Waals surface area (Å²) in [6, 6.07) is 0. The van der Waals surface area contributed by atoms with Gasteiger partial charge in [-0.25, -0.2) is 13.8 Å². The zero-order valence-electron chi connectivity index (χ0n) is 12.4. The predicted octanol–water partition coefficient (Wildman–Crippen LogP) is 2.51. The Morgan fingerprint density at radius 3 is 2.86 bits per heavy atom. The van der Waals surface area contributed by atoms with Crippen LogP contribution in [0.4, 0.5) is 8.78 Å². The molecule has 0 aromatic carbocycles. The second kappa shape index (κ2) is 6.61. The van der Waals surface area contributed by atoms with Crippen LogP contribution >= 0.6 is 0 Å². The van der Waals surface area contributed by atoms with E-state index in [9.17, 15) is 8.78 Å². The largest absolute Gasteiger partial charge is 0.325 e. The van der Waals surface area contributed by atoms with Gasteiger partial charge in [0.25, 0.3) is 0 Å². The van der Waals surface area contributed by atoms with E-state index in [1.54, 1.807) is 0 Å². The summed E-state index contributed by atoms with van der Waals surface area (Å²) in [5.41, 5.74) is 0.997. The Morgan fingerprint density at radius 2 is 2.19 bits per heavy atom. The maximum absolute atomic E-state index is 13.5. The fourth-order valence-corrected chi connectivity index (χ4v) is 2.24. The molecule has 3 nitrogen and oxygen atoms in total. The van der Waals surface area contributed by atoms with Crippen LogP contribution in [0.25, 0.3) is 18.2 Å². The summed E-state index contributed by atoms with van der Waals surface area (Å²) in [5, 5.41) is 0.938. The minimum atomic E-state index is -0.917. The highest BCUT2D eigenvalue weighted by Crippen LogP contribution is 2.14. The summed E-state index contributed by atoms with van der Waals surface area (Å²) < 4.78 is 28.3. The number of aromatic nitrogens is 2. The van der Waals surface area contributed by atoms with Crippen molar-refractivity contribution in [3.63, 3.8) is 0 Å². The van der Waals surface area contributed by atoms with Gasteiger partial charge in [0.05, 0.1) is 17.2 Å². The van der Waals surface area contributed by atoms with Crippen molar-refractivity contribution in [2.24, 2.45) is 4.99 Å². The molecule has 0 atom stereocenters. The number of aliphatic imine (C=N–C) groups is 1. The average molecular weight is 291 g/mol. The highest BCUT2D eigenvalue weighted by Gasteiger charge is 2.12. The molecule has 0 unspecified atom stereocenters. The summed E-state index contributed by atoms with van der Waals surface area (Å²) in [6.45, 7) is 8.20. The number of halogens is 2. The minimum Gasteiger partial charge on any atom is -0.325 e. The maximum atomic E-state index is 13.5. The number of hydrogen-bond donors (Lipinski definition) is 0. The van der Waals surface area contributed by atoms with Crippen LogP contribution < -0.4 is 10.7 Å². The van der Waals surface area contributed by atoms with Crippen LogP contribution in [0.1, 0.15) is 32.5 Å². The zero-order chi connectivity index (χ0) is 15.4. The first kappa shape index (κ1) is 15.4. The summed E-state index contributed by atoms with van der Waals surface area (Å²) in [6.07, 6.45) is 6.89. The number of hydrogen-bond acceptors (Lipinski definition) is 2. The molecule has 0 aliphatic carbocycles. The van der Waals surface area contributed by atoms with E-state index in [2.05, 4.69) is 22.6 Å². The molecule has 0 amide bonds. The molecular weight excluding hydrogens is 272 g/mol. The molecule has 21 heavy (non-hydrogen) atoms. The van der Waals surface area contributed by atoms with Crippen molar-refractivity contribution in [1.29, 1.82) is 0 Å². The van der Waals surface area contributed by atoms with Gasteiger partial charge in [0.1, 0.15) is 11.7 Å². The quantitative estimate of drug-likeness (QED) is 0.841. The smallest absolute Gasteiger partial charge is 0.156 e. The molecule has 0 bridgehead atoms. The van der Waals surface area contributed by atoms with Gasteiger partial charge < -0.3 is 4.57 Å². The van der Waals surface area contributed by atoms with Crippen molar-refractivity contribution < 1.29 is 8.78 Å². The Balaban J connectivity index is 2.59. The first-order valence-electron chi connectivity index (χ1n) is 7.01. The molecule has 2 rings (SSSR count). The van der Waals surface area contributed by atoms with E-state index in [0.29, 0.717) is 23.8 Å². The van der Waals surface area contributed by atoms with Gasteiger partial charge in [-0.15, -0.1) is 0 Å². The molecule has 1 aliphatic heterocycles. The van der Waals surface area contributed by atoms with Gasteiger partial charge >= 0.3 is 0 Å². The molecule has 2 heterocycles. The average Bonchev–Trinajstić information content (AvgIpc) is 2.66. The van der Waals surface area contributed by atoms with E-state index < -0.39 is 11.7 Å². The van der Waals surface area contributed by atoms with Crippen LogP contribution in [-0.4, -0.2) is 22.3 Å². The van der Waals surface area contributed by atoms with Crippen LogP contribution in [0.3, 0.4) is 0 Å². The van der Waals surface area contributed by atoms with Gasteiger partial charge in [0.2, 0.25) is 0 Å².